The van der Waals surface area contributed by atoms with Crippen LogP contribution in [-0.4, -0.2) is 31.3 Å². The Kier molecular flexibility index (Phi) is 7.22. The quantitative estimate of drug-likeness (QED) is 0.644. The number of methoxy groups -OCH3 is 1. The number of carbonyl (C=O) groups excluding carboxylic acids is 1. The zero-order valence-electron chi connectivity index (χ0n) is 14.2. The fourth-order valence-corrected chi connectivity index (χ4v) is 2.41. The van der Waals surface area contributed by atoms with E-state index in [-0.39, 0.29) is 18.4 Å². The van der Waals surface area contributed by atoms with Crippen LogP contribution in [0.5, 0.6) is 5.75 Å². The Morgan fingerprint density at radius 2 is 2.00 bits per heavy atom. The van der Waals surface area contributed by atoms with Gasteiger partial charge in [0.15, 0.2) is 0 Å². The second kappa shape index (κ2) is 9.64. The van der Waals surface area contributed by atoms with Gasteiger partial charge in [0.2, 0.25) is 0 Å². The van der Waals surface area contributed by atoms with Gasteiger partial charge in [-0.25, -0.2) is 9.18 Å². The molecule has 0 heterocycles. The van der Waals surface area contributed by atoms with Crippen LogP contribution in [0.2, 0.25) is 0 Å². The first kappa shape index (κ1) is 18.7. The number of rotatable bonds is 8. The third-order valence-electron chi connectivity index (χ3n) is 3.75. The number of halogens is 1. The average molecular weight is 346 g/mol. The lowest BCUT2D eigenvalue weighted by atomic mass is 10.1. The van der Waals surface area contributed by atoms with Crippen LogP contribution in [0.1, 0.15) is 23.7 Å². The highest BCUT2D eigenvalue weighted by atomic mass is 19.1. The summed E-state index contributed by atoms with van der Waals surface area (Å²) in [6, 6.07) is 13.1. The normalized spacial score (nSPS) is 11.6. The molecular formula is C19H23FN2O3. The largest absolute Gasteiger partial charge is 0.497 e. The van der Waals surface area contributed by atoms with Crippen molar-refractivity contribution in [2.24, 2.45) is 0 Å². The predicted octanol–water partition coefficient (Wildman–Crippen LogP) is 2.80. The van der Waals surface area contributed by atoms with Crippen molar-refractivity contribution >= 4 is 6.03 Å². The maximum absolute atomic E-state index is 13.1. The Morgan fingerprint density at radius 1 is 1.20 bits per heavy atom. The minimum Gasteiger partial charge on any atom is -0.497 e. The number of benzene rings is 2. The van der Waals surface area contributed by atoms with E-state index in [1.54, 1.807) is 37.4 Å². The lowest BCUT2D eigenvalue weighted by molar-refractivity contribution is 0.173. The van der Waals surface area contributed by atoms with Gasteiger partial charge in [0, 0.05) is 13.1 Å². The highest BCUT2D eigenvalue weighted by molar-refractivity contribution is 5.73. The Bertz CT molecular complexity index is 694. The van der Waals surface area contributed by atoms with E-state index in [4.69, 9.17) is 4.74 Å². The summed E-state index contributed by atoms with van der Waals surface area (Å²) in [7, 11) is 1.56. The highest BCUT2D eigenvalue weighted by Gasteiger charge is 2.10. The summed E-state index contributed by atoms with van der Waals surface area (Å²) in [6.07, 6.45) is 0.577. The van der Waals surface area contributed by atoms with E-state index < -0.39 is 6.10 Å². The van der Waals surface area contributed by atoms with Gasteiger partial charge in [0.05, 0.1) is 13.2 Å². The van der Waals surface area contributed by atoms with Gasteiger partial charge in [-0.1, -0.05) is 24.3 Å². The third-order valence-corrected chi connectivity index (χ3v) is 3.75. The van der Waals surface area contributed by atoms with Crippen LogP contribution in [0.15, 0.2) is 48.5 Å². The minimum atomic E-state index is -0.812. The van der Waals surface area contributed by atoms with Gasteiger partial charge < -0.3 is 20.5 Å². The van der Waals surface area contributed by atoms with E-state index in [0.29, 0.717) is 30.7 Å². The van der Waals surface area contributed by atoms with E-state index in [1.165, 1.54) is 12.1 Å². The van der Waals surface area contributed by atoms with E-state index in [9.17, 15) is 14.3 Å². The molecule has 3 N–H and O–H groups in total. The van der Waals surface area contributed by atoms with Crippen molar-refractivity contribution in [2.75, 3.05) is 20.2 Å². The van der Waals surface area contributed by atoms with Gasteiger partial charge in [0.1, 0.15) is 11.6 Å². The fraction of sp³-hybridized carbons (Fsp3) is 0.316. The second-order valence-corrected chi connectivity index (χ2v) is 5.66. The molecule has 0 fully saturated rings. The number of aliphatic hydroxyl groups is 1. The first-order valence-corrected chi connectivity index (χ1v) is 8.16. The summed E-state index contributed by atoms with van der Waals surface area (Å²) in [5, 5.41) is 15.4. The van der Waals surface area contributed by atoms with Crippen molar-refractivity contribution < 1.29 is 19.0 Å². The smallest absolute Gasteiger partial charge is 0.314 e. The monoisotopic (exact) mass is 346 g/mol. The lowest BCUT2D eigenvalue weighted by Gasteiger charge is -2.14. The Labute approximate surface area is 146 Å². The van der Waals surface area contributed by atoms with Crippen LogP contribution in [0.25, 0.3) is 0 Å². The van der Waals surface area contributed by atoms with E-state index >= 15 is 0 Å². The zero-order chi connectivity index (χ0) is 18.1. The fourth-order valence-electron chi connectivity index (χ4n) is 2.41. The summed E-state index contributed by atoms with van der Waals surface area (Å²) in [6.45, 7) is 0.570. The Hall–Kier alpha value is -2.60. The molecule has 0 aromatic heterocycles. The molecule has 1 atom stereocenters. The summed E-state index contributed by atoms with van der Waals surface area (Å²) < 4.78 is 18.2. The van der Waals surface area contributed by atoms with Gasteiger partial charge in [-0.3, -0.25) is 0 Å². The SMILES string of the molecule is COc1cccc(C(O)CNC(=O)NCCCc2cccc(F)c2)c1. The molecule has 0 aliphatic carbocycles. The summed E-state index contributed by atoms with van der Waals surface area (Å²) in [5.41, 5.74) is 1.57. The third kappa shape index (κ3) is 6.43. The predicted molar refractivity (Wildman–Crippen MR) is 94.1 cm³/mol. The number of hydrogen-bond donors (Lipinski definition) is 3. The molecule has 2 amide bonds. The molecule has 1 unspecified atom stereocenters. The zero-order valence-corrected chi connectivity index (χ0v) is 14.2. The van der Waals surface area contributed by atoms with E-state index in [0.717, 1.165) is 5.56 Å². The van der Waals surface area contributed by atoms with Crippen LogP contribution < -0.4 is 15.4 Å². The minimum absolute atomic E-state index is 0.100. The maximum Gasteiger partial charge on any atom is 0.314 e. The number of aliphatic hydroxyl groups excluding tert-OH is 1. The molecule has 0 aliphatic heterocycles. The molecule has 2 aromatic rings. The topological polar surface area (TPSA) is 70.6 Å². The number of ether oxygens (including phenoxy) is 1. The van der Waals surface area contributed by atoms with Gasteiger partial charge in [0.25, 0.3) is 0 Å². The molecule has 0 saturated carbocycles. The Morgan fingerprint density at radius 3 is 2.76 bits per heavy atom. The first-order valence-electron chi connectivity index (χ1n) is 8.16. The standard InChI is InChI=1S/C19H23FN2O3/c1-25-17-9-3-7-15(12-17)18(23)13-22-19(24)21-10-4-6-14-5-2-8-16(20)11-14/h2-3,5,7-9,11-12,18,23H,4,6,10,13H2,1H3,(H2,21,22,24). The first-order chi connectivity index (χ1) is 12.1. The van der Waals surface area contributed by atoms with Gasteiger partial charge in [-0.2, -0.15) is 0 Å². The van der Waals surface area contributed by atoms with Crippen molar-refractivity contribution in [3.8, 4) is 5.75 Å². The maximum atomic E-state index is 13.1. The van der Waals surface area contributed by atoms with Crippen molar-refractivity contribution in [3.05, 3.63) is 65.5 Å². The number of nitrogens with one attached hydrogen (secondary N) is 2. The number of urea groups is 1. The Balaban J connectivity index is 1.66. The van der Waals surface area contributed by atoms with Crippen molar-refractivity contribution in [2.45, 2.75) is 18.9 Å². The molecule has 2 aromatic carbocycles. The molecule has 0 radical (unpaired) electrons. The molecule has 134 valence electrons. The van der Waals surface area contributed by atoms with Crippen LogP contribution in [0.3, 0.4) is 0 Å². The summed E-state index contributed by atoms with van der Waals surface area (Å²) in [4.78, 5) is 11.7. The van der Waals surface area contributed by atoms with Crippen LogP contribution in [0, 0.1) is 5.82 Å². The molecule has 0 aliphatic rings. The number of carbonyl (C=O) groups is 1. The van der Waals surface area contributed by atoms with E-state index in [1.807, 2.05) is 6.07 Å². The van der Waals surface area contributed by atoms with Gasteiger partial charge in [-0.15, -0.1) is 0 Å². The molecule has 0 spiro atoms. The molecule has 25 heavy (non-hydrogen) atoms. The summed E-state index contributed by atoms with van der Waals surface area (Å²) >= 11 is 0. The molecule has 5 nitrogen and oxygen atoms in total. The van der Waals surface area contributed by atoms with Crippen molar-refractivity contribution in [3.63, 3.8) is 0 Å². The number of hydrogen-bond acceptors (Lipinski definition) is 3. The molecule has 0 saturated heterocycles. The van der Waals surface area contributed by atoms with E-state index in [2.05, 4.69) is 10.6 Å². The van der Waals surface area contributed by atoms with Crippen molar-refractivity contribution in [1.82, 2.24) is 10.6 Å². The van der Waals surface area contributed by atoms with Crippen LogP contribution in [0.4, 0.5) is 9.18 Å². The second-order valence-electron chi connectivity index (χ2n) is 5.66. The lowest BCUT2D eigenvalue weighted by Crippen LogP contribution is -2.38. The van der Waals surface area contributed by atoms with Gasteiger partial charge in [-0.05, 0) is 48.2 Å². The number of amides is 2. The summed E-state index contributed by atoms with van der Waals surface area (Å²) in [5.74, 6) is 0.396. The molecule has 0 bridgehead atoms. The average Bonchev–Trinajstić information content (AvgIpc) is 2.63. The molecule has 6 heteroatoms. The molecule has 2 rings (SSSR count). The van der Waals surface area contributed by atoms with Crippen LogP contribution >= 0.6 is 0 Å². The highest BCUT2D eigenvalue weighted by Crippen LogP contribution is 2.18. The van der Waals surface area contributed by atoms with Crippen LogP contribution in [-0.2, 0) is 6.42 Å². The number of aryl methyl sites for hydroxylation is 1. The molecular weight excluding hydrogens is 323 g/mol. The van der Waals surface area contributed by atoms with Crippen molar-refractivity contribution in [1.29, 1.82) is 0 Å². The van der Waals surface area contributed by atoms with Gasteiger partial charge >= 0.3 is 6.03 Å².